The Bertz CT molecular complexity index is 382. The van der Waals surface area contributed by atoms with E-state index in [4.69, 9.17) is 5.73 Å². The van der Waals surface area contributed by atoms with E-state index in [2.05, 4.69) is 12.2 Å². The van der Waals surface area contributed by atoms with E-state index in [-0.39, 0.29) is 36.2 Å². The predicted molar refractivity (Wildman–Crippen MR) is 89.8 cm³/mol. The molecule has 1 saturated carbocycles. The maximum atomic E-state index is 12.2. The summed E-state index contributed by atoms with van der Waals surface area (Å²) in [6, 6.07) is 0.451. The Morgan fingerprint density at radius 3 is 2.59 bits per heavy atom. The van der Waals surface area contributed by atoms with Crippen molar-refractivity contribution < 1.29 is 9.59 Å². The summed E-state index contributed by atoms with van der Waals surface area (Å²) in [6.45, 7) is 5.40. The SMILES string of the molecule is CC(N)CCNC(=O)C1CC(=O)N(C2CCC(C)CC2)C1.Cl. The second-order valence-corrected chi connectivity index (χ2v) is 6.92. The number of halogens is 1. The molecule has 2 unspecified atom stereocenters. The lowest BCUT2D eigenvalue weighted by molar-refractivity contribution is -0.130. The first kappa shape index (κ1) is 19.2. The molecule has 0 aromatic carbocycles. The van der Waals surface area contributed by atoms with Crippen LogP contribution in [0.25, 0.3) is 0 Å². The fourth-order valence-electron chi connectivity index (χ4n) is 3.38. The molecule has 3 N–H and O–H groups in total. The number of nitrogens with zero attached hydrogens (tertiary/aromatic N) is 1. The molecule has 0 spiro atoms. The third-order valence-electron chi connectivity index (χ3n) is 4.85. The van der Waals surface area contributed by atoms with Crippen molar-refractivity contribution in [3.05, 3.63) is 0 Å². The molecular weight excluding hydrogens is 302 g/mol. The minimum Gasteiger partial charge on any atom is -0.356 e. The van der Waals surface area contributed by atoms with Gasteiger partial charge < -0.3 is 16.0 Å². The number of carbonyl (C=O) groups is 2. The van der Waals surface area contributed by atoms with E-state index in [1.807, 2.05) is 11.8 Å². The molecule has 2 fully saturated rings. The number of nitrogens with one attached hydrogen (secondary N) is 1. The Kier molecular flexibility index (Phi) is 7.63. The molecule has 2 rings (SSSR count). The summed E-state index contributed by atoms with van der Waals surface area (Å²) in [5, 5.41) is 2.91. The van der Waals surface area contributed by atoms with Crippen LogP contribution in [0.2, 0.25) is 0 Å². The van der Waals surface area contributed by atoms with Crippen LogP contribution in [0.1, 0.15) is 52.4 Å². The molecule has 0 aromatic heterocycles. The molecule has 22 heavy (non-hydrogen) atoms. The predicted octanol–water partition coefficient (Wildman–Crippen LogP) is 1.69. The molecule has 2 amide bonds. The van der Waals surface area contributed by atoms with E-state index < -0.39 is 0 Å². The molecule has 1 saturated heterocycles. The van der Waals surface area contributed by atoms with E-state index in [0.717, 1.165) is 25.2 Å². The van der Waals surface area contributed by atoms with Gasteiger partial charge in [0.15, 0.2) is 0 Å². The van der Waals surface area contributed by atoms with Crippen LogP contribution in [0, 0.1) is 11.8 Å². The standard InChI is InChI=1S/C16H29N3O2.ClH/c1-11-3-5-14(6-4-11)19-10-13(9-15(19)20)16(21)18-8-7-12(2)17;/h11-14H,3-10,17H2,1-2H3,(H,18,21);1H. The van der Waals surface area contributed by atoms with Crippen molar-refractivity contribution in [2.24, 2.45) is 17.6 Å². The van der Waals surface area contributed by atoms with Gasteiger partial charge >= 0.3 is 0 Å². The van der Waals surface area contributed by atoms with Crippen molar-refractivity contribution in [1.82, 2.24) is 10.2 Å². The number of carbonyl (C=O) groups excluding carboxylic acids is 2. The van der Waals surface area contributed by atoms with Crippen molar-refractivity contribution in [2.75, 3.05) is 13.1 Å². The van der Waals surface area contributed by atoms with Gasteiger partial charge in [-0.05, 0) is 44.9 Å². The van der Waals surface area contributed by atoms with Crippen molar-refractivity contribution >= 4 is 24.2 Å². The Morgan fingerprint density at radius 2 is 2.00 bits per heavy atom. The molecule has 0 bridgehead atoms. The fraction of sp³-hybridized carbons (Fsp3) is 0.875. The lowest BCUT2D eigenvalue weighted by Crippen LogP contribution is -2.40. The number of likely N-dealkylation sites (tertiary alicyclic amines) is 1. The Labute approximate surface area is 139 Å². The van der Waals surface area contributed by atoms with Gasteiger partial charge in [0, 0.05) is 31.6 Å². The van der Waals surface area contributed by atoms with Crippen LogP contribution >= 0.6 is 12.4 Å². The van der Waals surface area contributed by atoms with Crippen LogP contribution in [0.4, 0.5) is 0 Å². The van der Waals surface area contributed by atoms with Gasteiger partial charge in [0.1, 0.15) is 0 Å². The molecule has 2 atom stereocenters. The first-order chi connectivity index (χ1) is 9.97. The van der Waals surface area contributed by atoms with Crippen molar-refractivity contribution in [3.8, 4) is 0 Å². The van der Waals surface area contributed by atoms with Crippen molar-refractivity contribution in [3.63, 3.8) is 0 Å². The van der Waals surface area contributed by atoms with Crippen molar-refractivity contribution in [1.29, 1.82) is 0 Å². The number of nitrogens with two attached hydrogens (primary N) is 1. The Hall–Kier alpha value is -0.810. The van der Waals surface area contributed by atoms with E-state index in [0.29, 0.717) is 25.6 Å². The fourth-order valence-corrected chi connectivity index (χ4v) is 3.38. The lowest BCUT2D eigenvalue weighted by atomic mass is 9.87. The minimum atomic E-state index is -0.176. The summed E-state index contributed by atoms with van der Waals surface area (Å²) in [7, 11) is 0. The molecule has 128 valence electrons. The zero-order valence-electron chi connectivity index (χ0n) is 13.7. The van der Waals surface area contributed by atoms with E-state index in [1.54, 1.807) is 0 Å². The quantitative estimate of drug-likeness (QED) is 0.805. The molecule has 1 aliphatic carbocycles. The van der Waals surface area contributed by atoms with E-state index in [9.17, 15) is 9.59 Å². The molecule has 0 aromatic rings. The van der Waals surface area contributed by atoms with Gasteiger partial charge in [-0.3, -0.25) is 9.59 Å². The Balaban J connectivity index is 0.00000242. The van der Waals surface area contributed by atoms with Crippen molar-refractivity contribution in [2.45, 2.75) is 64.5 Å². The second-order valence-electron chi connectivity index (χ2n) is 6.92. The highest BCUT2D eigenvalue weighted by atomic mass is 35.5. The van der Waals surface area contributed by atoms with Gasteiger partial charge in [0.2, 0.25) is 11.8 Å². The van der Waals surface area contributed by atoms with Gasteiger partial charge in [0.25, 0.3) is 0 Å². The summed E-state index contributed by atoms with van der Waals surface area (Å²) in [4.78, 5) is 26.3. The molecule has 5 nitrogen and oxygen atoms in total. The molecular formula is C16H30ClN3O2. The van der Waals surface area contributed by atoms with Crippen LogP contribution in [0.5, 0.6) is 0 Å². The van der Waals surface area contributed by atoms with Crippen LogP contribution in [-0.2, 0) is 9.59 Å². The molecule has 1 heterocycles. The summed E-state index contributed by atoms with van der Waals surface area (Å²) in [5.74, 6) is 0.763. The van der Waals surface area contributed by atoms with E-state index >= 15 is 0 Å². The Morgan fingerprint density at radius 1 is 1.36 bits per heavy atom. The average Bonchev–Trinajstić information content (AvgIpc) is 2.81. The molecule has 2 aliphatic rings. The summed E-state index contributed by atoms with van der Waals surface area (Å²) >= 11 is 0. The average molecular weight is 332 g/mol. The monoisotopic (exact) mass is 331 g/mol. The third-order valence-corrected chi connectivity index (χ3v) is 4.85. The summed E-state index contributed by atoms with van der Waals surface area (Å²) in [5.41, 5.74) is 5.67. The third kappa shape index (κ3) is 5.13. The first-order valence-electron chi connectivity index (χ1n) is 8.30. The normalized spacial score (nSPS) is 29.9. The molecule has 6 heteroatoms. The van der Waals surface area contributed by atoms with Gasteiger partial charge in [0.05, 0.1) is 5.92 Å². The molecule has 0 radical (unpaired) electrons. The van der Waals surface area contributed by atoms with E-state index in [1.165, 1.54) is 12.8 Å². The highest BCUT2D eigenvalue weighted by Gasteiger charge is 2.38. The second kappa shape index (κ2) is 8.73. The summed E-state index contributed by atoms with van der Waals surface area (Å²) in [6.07, 6.45) is 5.71. The van der Waals surface area contributed by atoms with Crippen LogP contribution in [-0.4, -0.2) is 41.9 Å². The smallest absolute Gasteiger partial charge is 0.225 e. The topological polar surface area (TPSA) is 75.4 Å². The van der Waals surface area contributed by atoms with Crippen LogP contribution in [0.3, 0.4) is 0 Å². The van der Waals surface area contributed by atoms with Crippen LogP contribution in [0.15, 0.2) is 0 Å². The van der Waals surface area contributed by atoms with Gasteiger partial charge in [-0.1, -0.05) is 6.92 Å². The zero-order valence-corrected chi connectivity index (χ0v) is 14.5. The number of rotatable bonds is 5. The number of hydrogen-bond acceptors (Lipinski definition) is 3. The highest BCUT2D eigenvalue weighted by molar-refractivity contribution is 5.89. The number of hydrogen-bond donors (Lipinski definition) is 2. The highest BCUT2D eigenvalue weighted by Crippen LogP contribution is 2.31. The van der Waals surface area contributed by atoms with Gasteiger partial charge in [-0.25, -0.2) is 0 Å². The lowest BCUT2D eigenvalue weighted by Gasteiger charge is -2.33. The zero-order chi connectivity index (χ0) is 15.4. The molecule has 1 aliphatic heterocycles. The van der Waals surface area contributed by atoms with Gasteiger partial charge in [-0.15, -0.1) is 12.4 Å². The first-order valence-corrected chi connectivity index (χ1v) is 8.30. The largest absolute Gasteiger partial charge is 0.356 e. The van der Waals surface area contributed by atoms with Crippen LogP contribution < -0.4 is 11.1 Å². The minimum absolute atomic E-state index is 0. The van der Waals surface area contributed by atoms with Gasteiger partial charge in [-0.2, -0.15) is 0 Å². The summed E-state index contributed by atoms with van der Waals surface area (Å²) < 4.78 is 0. The maximum absolute atomic E-state index is 12.2. The maximum Gasteiger partial charge on any atom is 0.225 e. The number of amides is 2.